The first-order valence-corrected chi connectivity index (χ1v) is 7.54. The highest BCUT2D eigenvalue weighted by molar-refractivity contribution is 5.96. The zero-order chi connectivity index (χ0) is 16.7. The Morgan fingerprint density at radius 3 is 2.70 bits per heavy atom. The molecule has 1 saturated carbocycles. The van der Waals surface area contributed by atoms with Crippen molar-refractivity contribution in [3.8, 4) is 0 Å². The van der Waals surface area contributed by atoms with E-state index in [0.29, 0.717) is 5.76 Å². The van der Waals surface area contributed by atoms with Crippen LogP contribution in [-0.2, 0) is 14.3 Å². The van der Waals surface area contributed by atoms with Gasteiger partial charge in [0.05, 0.1) is 0 Å². The molecule has 1 aliphatic carbocycles. The summed E-state index contributed by atoms with van der Waals surface area (Å²) in [6, 6.07) is 3.03. The van der Waals surface area contributed by atoms with Crippen molar-refractivity contribution in [3.05, 3.63) is 29.7 Å². The highest BCUT2D eigenvalue weighted by atomic mass is 16.5. The molecule has 1 aromatic rings. The number of ether oxygens (including phenoxy) is 1. The zero-order valence-electron chi connectivity index (χ0n) is 13.0. The molecule has 0 aliphatic heterocycles. The second kappa shape index (κ2) is 8.17. The number of hydrogen-bond donors (Lipinski definition) is 2. The van der Waals surface area contributed by atoms with Crippen LogP contribution >= 0.6 is 0 Å². The maximum absolute atomic E-state index is 11.6. The Bertz CT molecular complexity index is 599. The van der Waals surface area contributed by atoms with E-state index in [0.717, 1.165) is 37.5 Å². The average Bonchev–Trinajstić information content (AvgIpc) is 3.14. The van der Waals surface area contributed by atoms with Gasteiger partial charge in [-0.25, -0.2) is 9.59 Å². The molecule has 0 radical (unpaired) electrons. The van der Waals surface area contributed by atoms with E-state index >= 15 is 0 Å². The summed E-state index contributed by atoms with van der Waals surface area (Å²) in [6.45, 7) is 1.27. The molecule has 7 heteroatoms. The van der Waals surface area contributed by atoms with Crippen LogP contribution in [0.4, 0.5) is 4.79 Å². The van der Waals surface area contributed by atoms with Crippen LogP contribution in [-0.4, -0.2) is 30.6 Å². The molecule has 7 nitrogen and oxygen atoms in total. The highest BCUT2D eigenvalue weighted by Gasteiger charge is 2.18. The van der Waals surface area contributed by atoms with E-state index in [1.54, 1.807) is 19.1 Å². The van der Waals surface area contributed by atoms with Gasteiger partial charge in [-0.05, 0) is 38.0 Å². The third-order valence-corrected chi connectivity index (χ3v) is 3.43. The summed E-state index contributed by atoms with van der Waals surface area (Å²) in [5.41, 5.74) is 0. The number of rotatable bonds is 5. The Kier molecular flexibility index (Phi) is 5.96. The van der Waals surface area contributed by atoms with E-state index in [-0.39, 0.29) is 6.04 Å². The predicted molar refractivity (Wildman–Crippen MR) is 82.4 cm³/mol. The van der Waals surface area contributed by atoms with Gasteiger partial charge in [0.15, 0.2) is 6.61 Å². The Morgan fingerprint density at radius 2 is 2.04 bits per heavy atom. The second-order valence-corrected chi connectivity index (χ2v) is 5.39. The maximum Gasteiger partial charge on any atom is 0.331 e. The van der Waals surface area contributed by atoms with Crippen LogP contribution in [0, 0.1) is 6.92 Å². The molecule has 0 atom stereocenters. The molecule has 0 bridgehead atoms. The van der Waals surface area contributed by atoms with E-state index in [1.807, 2.05) is 0 Å². The van der Waals surface area contributed by atoms with Gasteiger partial charge in [0.1, 0.15) is 11.5 Å². The van der Waals surface area contributed by atoms with Crippen molar-refractivity contribution in [1.82, 2.24) is 10.6 Å². The molecule has 2 N–H and O–H groups in total. The summed E-state index contributed by atoms with van der Waals surface area (Å²) < 4.78 is 9.99. The van der Waals surface area contributed by atoms with Gasteiger partial charge in [0.25, 0.3) is 5.91 Å². The van der Waals surface area contributed by atoms with Crippen molar-refractivity contribution in [2.75, 3.05) is 6.61 Å². The van der Waals surface area contributed by atoms with Gasteiger partial charge in [0.2, 0.25) is 0 Å². The summed E-state index contributed by atoms with van der Waals surface area (Å²) >= 11 is 0. The number of hydrogen-bond acceptors (Lipinski definition) is 5. The van der Waals surface area contributed by atoms with Gasteiger partial charge in [-0.3, -0.25) is 10.1 Å². The largest absolute Gasteiger partial charge is 0.462 e. The molecule has 2 rings (SSSR count). The number of aryl methyl sites for hydroxylation is 1. The molecule has 23 heavy (non-hydrogen) atoms. The van der Waals surface area contributed by atoms with Crippen LogP contribution in [0.2, 0.25) is 0 Å². The molecule has 0 unspecified atom stereocenters. The fourth-order valence-electron chi connectivity index (χ4n) is 2.33. The van der Waals surface area contributed by atoms with Crippen molar-refractivity contribution in [3.63, 3.8) is 0 Å². The monoisotopic (exact) mass is 320 g/mol. The third kappa shape index (κ3) is 5.98. The summed E-state index contributed by atoms with van der Waals surface area (Å²) in [5.74, 6) is -0.119. The summed E-state index contributed by atoms with van der Waals surface area (Å²) in [4.78, 5) is 34.5. The minimum Gasteiger partial charge on any atom is -0.462 e. The molecular weight excluding hydrogens is 300 g/mol. The topological polar surface area (TPSA) is 97.6 Å². The molecule has 0 saturated heterocycles. The number of esters is 1. The van der Waals surface area contributed by atoms with Gasteiger partial charge >= 0.3 is 12.0 Å². The number of nitrogens with one attached hydrogen (secondary N) is 2. The number of urea groups is 1. The molecule has 1 heterocycles. The minimum absolute atomic E-state index is 0.116. The quantitative estimate of drug-likeness (QED) is 0.638. The van der Waals surface area contributed by atoms with Crippen molar-refractivity contribution in [2.45, 2.75) is 38.6 Å². The minimum atomic E-state index is -0.689. The summed E-state index contributed by atoms with van der Waals surface area (Å²) in [6.07, 6.45) is 6.61. The maximum atomic E-state index is 11.6. The van der Waals surface area contributed by atoms with E-state index in [4.69, 9.17) is 9.15 Å². The number of carbonyl (C=O) groups is 3. The Balaban J connectivity index is 1.65. The Hall–Kier alpha value is -2.57. The number of furan rings is 1. The molecule has 0 aromatic carbocycles. The van der Waals surface area contributed by atoms with Crippen LogP contribution in [0.25, 0.3) is 6.08 Å². The number of amides is 3. The van der Waals surface area contributed by atoms with Crippen LogP contribution < -0.4 is 10.6 Å². The highest BCUT2D eigenvalue weighted by Crippen LogP contribution is 2.17. The van der Waals surface area contributed by atoms with E-state index in [1.165, 1.54) is 6.08 Å². The Labute approximate surface area is 134 Å². The number of imide groups is 1. The average molecular weight is 320 g/mol. The first kappa shape index (κ1) is 16.8. The smallest absolute Gasteiger partial charge is 0.331 e. The standard InChI is InChI=1S/C16H20N2O5/c1-11-6-7-13(23-11)8-9-15(20)22-10-14(19)18-16(21)17-12-4-2-3-5-12/h6-9,12H,2-5,10H2,1H3,(H2,17,18,19,21). The molecule has 3 amide bonds. The number of carbonyl (C=O) groups excluding carboxylic acids is 3. The second-order valence-electron chi connectivity index (χ2n) is 5.39. The lowest BCUT2D eigenvalue weighted by Crippen LogP contribution is -2.44. The molecule has 1 aliphatic rings. The lowest BCUT2D eigenvalue weighted by molar-refractivity contribution is -0.143. The predicted octanol–water partition coefficient (Wildman–Crippen LogP) is 1.91. The van der Waals surface area contributed by atoms with E-state index < -0.39 is 24.5 Å². The summed E-state index contributed by atoms with van der Waals surface area (Å²) in [7, 11) is 0. The van der Waals surface area contributed by atoms with E-state index in [2.05, 4.69) is 10.6 Å². The van der Waals surface area contributed by atoms with Gasteiger partial charge in [-0.1, -0.05) is 12.8 Å². The van der Waals surface area contributed by atoms with Gasteiger partial charge in [0, 0.05) is 12.1 Å². The third-order valence-electron chi connectivity index (χ3n) is 3.43. The lowest BCUT2D eigenvalue weighted by atomic mass is 10.2. The van der Waals surface area contributed by atoms with Gasteiger partial charge < -0.3 is 14.5 Å². The van der Waals surface area contributed by atoms with Crippen LogP contribution in [0.5, 0.6) is 0 Å². The van der Waals surface area contributed by atoms with Crippen molar-refractivity contribution in [2.24, 2.45) is 0 Å². The fraction of sp³-hybridized carbons (Fsp3) is 0.438. The van der Waals surface area contributed by atoms with Crippen molar-refractivity contribution >= 4 is 24.0 Å². The normalized spacial score (nSPS) is 14.8. The van der Waals surface area contributed by atoms with Crippen molar-refractivity contribution in [1.29, 1.82) is 0 Å². The van der Waals surface area contributed by atoms with Crippen LogP contribution in [0.15, 0.2) is 22.6 Å². The molecule has 0 spiro atoms. The van der Waals surface area contributed by atoms with Gasteiger partial charge in [-0.15, -0.1) is 0 Å². The first-order chi connectivity index (χ1) is 11.0. The molecular formula is C16H20N2O5. The fourth-order valence-corrected chi connectivity index (χ4v) is 2.33. The zero-order valence-corrected chi connectivity index (χ0v) is 13.0. The molecule has 1 aromatic heterocycles. The first-order valence-electron chi connectivity index (χ1n) is 7.54. The summed E-state index contributed by atoms with van der Waals surface area (Å²) in [5, 5.41) is 4.84. The van der Waals surface area contributed by atoms with Gasteiger partial charge in [-0.2, -0.15) is 0 Å². The molecule has 124 valence electrons. The van der Waals surface area contributed by atoms with E-state index in [9.17, 15) is 14.4 Å². The molecule has 1 fully saturated rings. The Morgan fingerprint density at radius 1 is 1.30 bits per heavy atom. The SMILES string of the molecule is Cc1ccc(C=CC(=O)OCC(=O)NC(=O)NC2CCCC2)o1. The lowest BCUT2D eigenvalue weighted by Gasteiger charge is -2.12. The van der Waals surface area contributed by atoms with Crippen LogP contribution in [0.3, 0.4) is 0 Å². The van der Waals surface area contributed by atoms with Crippen molar-refractivity contribution < 1.29 is 23.5 Å². The van der Waals surface area contributed by atoms with Crippen LogP contribution in [0.1, 0.15) is 37.2 Å².